The fraction of sp³-hybridized carbons (Fsp3) is 0.316. The number of nitrogens with one attached hydrogen (secondary N) is 1. The van der Waals surface area contributed by atoms with Crippen LogP contribution in [0.3, 0.4) is 0 Å². The van der Waals surface area contributed by atoms with E-state index in [1.165, 1.54) is 0 Å². The summed E-state index contributed by atoms with van der Waals surface area (Å²) in [5.74, 6) is 1.27. The highest BCUT2D eigenvalue weighted by Gasteiger charge is 2.24. The molecule has 1 amide bonds. The number of para-hydroxylation sites is 1. The van der Waals surface area contributed by atoms with Gasteiger partial charge in [0, 0.05) is 17.2 Å². The van der Waals surface area contributed by atoms with E-state index in [9.17, 15) is 4.79 Å². The van der Waals surface area contributed by atoms with Crippen LogP contribution in [0.25, 0.3) is 0 Å². The van der Waals surface area contributed by atoms with Crippen LogP contribution in [0.2, 0.25) is 5.02 Å². The number of amides is 1. The fourth-order valence-electron chi connectivity index (χ4n) is 2.34. The van der Waals surface area contributed by atoms with Gasteiger partial charge >= 0.3 is 0 Å². The molecule has 5 heteroatoms. The Morgan fingerprint density at radius 1 is 1.17 bits per heavy atom. The van der Waals surface area contributed by atoms with Gasteiger partial charge in [0.2, 0.25) is 0 Å². The standard InChI is InChI=1S/C19H20ClNO3/c1-2-23-17-10-7-13(19(22)21-15-8-9-15)11-14(17)12-24-18-6-4-3-5-16(18)20/h3-7,10-11,15H,2,8-9,12H2,1H3,(H,21,22). The van der Waals surface area contributed by atoms with Crippen LogP contribution in [0, 0.1) is 0 Å². The zero-order chi connectivity index (χ0) is 16.9. The van der Waals surface area contributed by atoms with Gasteiger partial charge < -0.3 is 14.8 Å². The van der Waals surface area contributed by atoms with E-state index in [1.807, 2.05) is 37.3 Å². The van der Waals surface area contributed by atoms with Crippen LogP contribution in [-0.4, -0.2) is 18.6 Å². The predicted octanol–water partition coefficient (Wildman–Crippen LogP) is 4.21. The molecule has 0 aliphatic heterocycles. The van der Waals surface area contributed by atoms with Crippen molar-refractivity contribution >= 4 is 17.5 Å². The van der Waals surface area contributed by atoms with Gasteiger partial charge in [-0.25, -0.2) is 0 Å². The lowest BCUT2D eigenvalue weighted by Crippen LogP contribution is -2.25. The van der Waals surface area contributed by atoms with E-state index in [0.29, 0.717) is 34.7 Å². The summed E-state index contributed by atoms with van der Waals surface area (Å²) in [5.41, 5.74) is 1.43. The molecule has 0 bridgehead atoms. The molecule has 2 aromatic rings. The maximum absolute atomic E-state index is 12.2. The second kappa shape index (κ2) is 7.58. The lowest BCUT2D eigenvalue weighted by Gasteiger charge is -2.14. The SMILES string of the molecule is CCOc1ccc(C(=O)NC2CC2)cc1COc1ccccc1Cl. The van der Waals surface area contributed by atoms with E-state index in [4.69, 9.17) is 21.1 Å². The number of carbonyl (C=O) groups excluding carboxylic acids is 1. The average Bonchev–Trinajstić information content (AvgIpc) is 3.39. The minimum atomic E-state index is -0.0560. The molecule has 1 saturated carbocycles. The highest BCUT2D eigenvalue weighted by Crippen LogP contribution is 2.27. The Hall–Kier alpha value is -2.20. The summed E-state index contributed by atoms with van der Waals surface area (Å²) in [6.45, 7) is 2.75. The van der Waals surface area contributed by atoms with E-state index in [2.05, 4.69) is 5.32 Å². The topological polar surface area (TPSA) is 47.6 Å². The molecule has 24 heavy (non-hydrogen) atoms. The van der Waals surface area contributed by atoms with Crippen LogP contribution >= 0.6 is 11.6 Å². The number of carbonyl (C=O) groups is 1. The van der Waals surface area contributed by atoms with Crippen LogP contribution < -0.4 is 14.8 Å². The van der Waals surface area contributed by atoms with Crippen molar-refractivity contribution in [3.05, 3.63) is 58.6 Å². The fourth-order valence-corrected chi connectivity index (χ4v) is 2.53. The molecule has 0 aromatic heterocycles. The van der Waals surface area contributed by atoms with Crippen molar-refractivity contribution in [2.24, 2.45) is 0 Å². The number of hydrogen-bond acceptors (Lipinski definition) is 3. The zero-order valence-corrected chi connectivity index (χ0v) is 14.3. The van der Waals surface area contributed by atoms with Crippen molar-refractivity contribution < 1.29 is 14.3 Å². The maximum Gasteiger partial charge on any atom is 0.251 e. The molecule has 2 aromatic carbocycles. The van der Waals surface area contributed by atoms with Crippen LogP contribution in [-0.2, 0) is 6.61 Å². The Bertz CT molecular complexity index is 728. The number of hydrogen-bond donors (Lipinski definition) is 1. The van der Waals surface area contributed by atoms with Gasteiger partial charge in [-0.2, -0.15) is 0 Å². The number of rotatable bonds is 7. The first kappa shape index (κ1) is 16.7. The molecule has 4 nitrogen and oxygen atoms in total. The van der Waals surface area contributed by atoms with Crippen molar-refractivity contribution in [3.8, 4) is 11.5 Å². The third-order valence-electron chi connectivity index (χ3n) is 3.75. The molecule has 0 saturated heterocycles. The first-order valence-electron chi connectivity index (χ1n) is 8.11. The van der Waals surface area contributed by atoms with Gasteiger partial charge in [0.05, 0.1) is 11.6 Å². The van der Waals surface area contributed by atoms with Gasteiger partial charge in [-0.1, -0.05) is 23.7 Å². The molecule has 1 aliphatic carbocycles. The highest BCUT2D eigenvalue weighted by molar-refractivity contribution is 6.32. The van der Waals surface area contributed by atoms with Crippen LogP contribution in [0.5, 0.6) is 11.5 Å². The third kappa shape index (κ3) is 4.20. The number of halogens is 1. The minimum absolute atomic E-state index is 0.0560. The van der Waals surface area contributed by atoms with E-state index < -0.39 is 0 Å². The molecular weight excluding hydrogens is 326 g/mol. The minimum Gasteiger partial charge on any atom is -0.493 e. The largest absolute Gasteiger partial charge is 0.493 e. The Morgan fingerprint density at radius 2 is 1.96 bits per heavy atom. The molecule has 0 heterocycles. The molecule has 1 fully saturated rings. The number of benzene rings is 2. The molecule has 0 spiro atoms. The second-order valence-electron chi connectivity index (χ2n) is 5.72. The molecule has 126 valence electrons. The van der Waals surface area contributed by atoms with Gasteiger partial charge in [0.25, 0.3) is 5.91 Å². The zero-order valence-electron chi connectivity index (χ0n) is 13.5. The summed E-state index contributed by atoms with van der Waals surface area (Å²) in [7, 11) is 0. The molecule has 0 unspecified atom stereocenters. The van der Waals surface area contributed by atoms with Gasteiger partial charge in [-0.05, 0) is 50.1 Å². The molecule has 1 N–H and O–H groups in total. The van der Waals surface area contributed by atoms with Crippen LogP contribution in [0.1, 0.15) is 35.7 Å². The van der Waals surface area contributed by atoms with Gasteiger partial charge in [-0.15, -0.1) is 0 Å². The molecular formula is C19H20ClNO3. The van der Waals surface area contributed by atoms with E-state index in [1.54, 1.807) is 12.1 Å². The third-order valence-corrected chi connectivity index (χ3v) is 4.07. The first-order valence-corrected chi connectivity index (χ1v) is 8.49. The summed E-state index contributed by atoms with van der Waals surface area (Å²) in [6.07, 6.45) is 2.12. The quantitative estimate of drug-likeness (QED) is 0.817. The normalized spacial score (nSPS) is 13.4. The van der Waals surface area contributed by atoms with E-state index in [0.717, 1.165) is 18.4 Å². The van der Waals surface area contributed by atoms with E-state index >= 15 is 0 Å². The monoisotopic (exact) mass is 345 g/mol. The summed E-state index contributed by atoms with van der Waals surface area (Å²) >= 11 is 6.12. The average molecular weight is 346 g/mol. The number of ether oxygens (including phenoxy) is 2. The molecule has 3 rings (SSSR count). The predicted molar refractivity (Wildman–Crippen MR) is 93.9 cm³/mol. The van der Waals surface area contributed by atoms with Gasteiger partial charge in [-0.3, -0.25) is 4.79 Å². The molecule has 0 radical (unpaired) electrons. The van der Waals surface area contributed by atoms with Crippen molar-refractivity contribution in [1.82, 2.24) is 5.32 Å². The van der Waals surface area contributed by atoms with E-state index in [-0.39, 0.29) is 12.5 Å². The summed E-state index contributed by atoms with van der Waals surface area (Å²) in [5, 5.41) is 3.54. The lowest BCUT2D eigenvalue weighted by molar-refractivity contribution is 0.0951. The Kier molecular flexibility index (Phi) is 5.26. The van der Waals surface area contributed by atoms with Crippen molar-refractivity contribution in [2.45, 2.75) is 32.4 Å². The second-order valence-corrected chi connectivity index (χ2v) is 6.13. The van der Waals surface area contributed by atoms with Crippen molar-refractivity contribution in [2.75, 3.05) is 6.61 Å². The molecule has 0 atom stereocenters. The Labute approximate surface area is 146 Å². The maximum atomic E-state index is 12.2. The molecule has 1 aliphatic rings. The van der Waals surface area contributed by atoms with Crippen LogP contribution in [0.4, 0.5) is 0 Å². The van der Waals surface area contributed by atoms with Crippen LogP contribution in [0.15, 0.2) is 42.5 Å². The van der Waals surface area contributed by atoms with Crippen molar-refractivity contribution in [3.63, 3.8) is 0 Å². The first-order chi connectivity index (χ1) is 11.7. The Morgan fingerprint density at radius 3 is 2.67 bits per heavy atom. The smallest absolute Gasteiger partial charge is 0.251 e. The Balaban J connectivity index is 1.77. The van der Waals surface area contributed by atoms with Crippen molar-refractivity contribution in [1.29, 1.82) is 0 Å². The lowest BCUT2D eigenvalue weighted by atomic mass is 10.1. The summed E-state index contributed by atoms with van der Waals surface area (Å²) in [4.78, 5) is 12.2. The summed E-state index contributed by atoms with van der Waals surface area (Å²) in [6, 6.07) is 13.0. The summed E-state index contributed by atoms with van der Waals surface area (Å²) < 4.78 is 11.4. The highest BCUT2D eigenvalue weighted by atomic mass is 35.5. The van der Waals surface area contributed by atoms with Gasteiger partial charge in [0.15, 0.2) is 0 Å². The van der Waals surface area contributed by atoms with Gasteiger partial charge in [0.1, 0.15) is 18.1 Å².